The molecule has 0 spiro atoms. The minimum absolute atomic E-state index is 1.07. The van der Waals surface area contributed by atoms with E-state index in [1.165, 1.54) is 4.90 Å². The third kappa shape index (κ3) is 2.57. The van der Waals surface area contributed by atoms with Crippen molar-refractivity contribution in [2.24, 2.45) is 0 Å². The van der Waals surface area contributed by atoms with Gasteiger partial charge in [-0.1, -0.05) is 18.2 Å². The molecule has 0 aromatic heterocycles. The van der Waals surface area contributed by atoms with Gasteiger partial charge in [0.2, 0.25) is 0 Å². The van der Waals surface area contributed by atoms with Crippen molar-refractivity contribution in [2.45, 2.75) is 4.90 Å². The van der Waals surface area contributed by atoms with Crippen molar-refractivity contribution in [2.75, 3.05) is 0 Å². The van der Waals surface area contributed by atoms with E-state index in [9.17, 15) is 0 Å². The number of hydrogen-bond acceptors (Lipinski definition) is 0. The van der Waals surface area contributed by atoms with Crippen molar-refractivity contribution in [3.8, 4) is 0 Å². The van der Waals surface area contributed by atoms with Crippen LogP contribution in [0.2, 0.25) is 0 Å². The van der Waals surface area contributed by atoms with Gasteiger partial charge in [0.05, 0.1) is 0 Å². The minimum atomic E-state index is -1.07. The maximum Gasteiger partial charge on any atom is 0.0192 e. The van der Waals surface area contributed by atoms with Gasteiger partial charge in [-0.25, -0.2) is 0 Å². The molecule has 0 atom stereocenters. The lowest BCUT2D eigenvalue weighted by Crippen LogP contribution is -1.70. The van der Waals surface area contributed by atoms with E-state index in [4.69, 9.17) is 0 Å². The maximum absolute atomic E-state index is 3.50. The summed E-state index contributed by atoms with van der Waals surface area (Å²) in [4.78, 5) is 1.23. The van der Waals surface area contributed by atoms with Crippen molar-refractivity contribution >= 4 is 49.8 Å². The first-order valence-electron chi connectivity index (χ1n) is 2.58. The highest BCUT2D eigenvalue weighted by Gasteiger charge is 2.13. The molecule has 0 amide bonds. The summed E-state index contributed by atoms with van der Waals surface area (Å²) in [6.07, 6.45) is 0. The molecule has 1 aromatic rings. The largest absolute Gasteiger partial charge is 0.0622 e. The maximum atomic E-state index is 3.50. The zero-order valence-corrected chi connectivity index (χ0v) is 10.5. The Kier molecular flexibility index (Phi) is 3.28. The van der Waals surface area contributed by atoms with Gasteiger partial charge in [-0.3, -0.25) is 0 Å². The number of rotatable bonds is 1. The fraction of sp³-hybridized carbons (Fsp3) is 0. The molecule has 0 heterocycles. The standard InChI is InChI=1S/C6H5Br3S/c7-10(8,9)6-4-2-1-3-5-6/h1-5H. The molecular formula is C6H5Br3S. The van der Waals surface area contributed by atoms with Crippen LogP contribution in [0.5, 0.6) is 0 Å². The van der Waals surface area contributed by atoms with E-state index in [0.717, 1.165) is 0 Å². The predicted molar refractivity (Wildman–Crippen MR) is 59.1 cm³/mol. The fourth-order valence-corrected chi connectivity index (χ4v) is 2.98. The third-order valence-electron chi connectivity index (χ3n) is 1.01. The summed E-state index contributed by atoms with van der Waals surface area (Å²) in [5, 5.41) is -1.07. The molecule has 0 aliphatic heterocycles. The summed E-state index contributed by atoms with van der Waals surface area (Å²) in [5.41, 5.74) is 0. The molecule has 0 unspecified atom stereocenters. The lowest BCUT2D eigenvalue weighted by Gasteiger charge is -2.16. The Labute approximate surface area is 84.3 Å². The SMILES string of the molecule is BrS(Br)(Br)c1ccccc1. The van der Waals surface area contributed by atoms with Gasteiger partial charge in [-0.15, -0.1) is 0 Å². The van der Waals surface area contributed by atoms with Crippen LogP contribution in [-0.4, -0.2) is 0 Å². The smallest absolute Gasteiger partial charge is 0.0192 e. The summed E-state index contributed by atoms with van der Waals surface area (Å²) in [6, 6.07) is 10.2. The average molecular weight is 349 g/mol. The van der Waals surface area contributed by atoms with Gasteiger partial charge in [0.25, 0.3) is 0 Å². The zero-order chi connectivity index (χ0) is 7.61. The van der Waals surface area contributed by atoms with Crippen LogP contribution in [0.15, 0.2) is 35.2 Å². The second kappa shape index (κ2) is 3.61. The Morgan fingerprint density at radius 3 is 1.70 bits per heavy atom. The predicted octanol–water partition coefficient (Wildman–Crippen LogP) is 4.78. The average Bonchev–Trinajstić information content (AvgIpc) is 1.88. The van der Waals surface area contributed by atoms with Gasteiger partial charge in [-0.05, 0) is 61.9 Å². The molecule has 0 saturated carbocycles. The third-order valence-corrected chi connectivity index (χ3v) is 5.18. The lowest BCUT2D eigenvalue weighted by atomic mass is 10.4. The molecule has 4 heteroatoms. The van der Waals surface area contributed by atoms with E-state index in [-0.39, 0.29) is 0 Å². The van der Waals surface area contributed by atoms with Crippen LogP contribution >= 0.6 is 49.8 Å². The van der Waals surface area contributed by atoms with Crippen LogP contribution in [0.3, 0.4) is 0 Å². The van der Waals surface area contributed by atoms with Crippen molar-refractivity contribution in [1.29, 1.82) is 0 Å². The van der Waals surface area contributed by atoms with E-state index in [2.05, 4.69) is 56.6 Å². The second-order valence-corrected chi connectivity index (χ2v) is 19.6. The van der Waals surface area contributed by atoms with Crippen LogP contribution in [0, 0.1) is 0 Å². The van der Waals surface area contributed by atoms with Gasteiger partial charge in [0.1, 0.15) is 0 Å². The van der Waals surface area contributed by atoms with Gasteiger partial charge >= 0.3 is 0 Å². The lowest BCUT2D eigenvalue weighted by molar-refractivity contribution is 1.48. The first kappa shape index (κ1) is 9.10. The second-order valence-electron chi connectivity index (χ2n) is 1.72. The highest BCUT2D eigenvalue weighted by molar-refractivity contribution is 10.2. The van der Waals surface area contributed by atoms with E-state index >= 15 is 0 Å². The molecule has 0 bridgehead atoms. The Balaban J connectivity index is 2.97. The molecule has 0 nitrogen and oxygen atoms in total. The molecule has 10 heavy (non-hydrogen) atoms. The molecule has 56 valence electrons. The van der Waals surface area contributed by atoms with Crippen LogP contribution in [0.25, 0.3) is 0 Å². The zero-order valence-electron chi connectivity index (χ0n) is 4.93. The van der Waals surface area contributed by atoms with Crippen LogP contribution < -0.4 is 0 Å². The minimum Gasteiger partial charge on any atom is -0.0622 e. The monoisotopic (exact) mass is 346 g/mol. The quantitative estimate of drug-likeness (QED) is 0.685. The first-order chi connectivity index (χ1) is 4.61. The van der Waals surface area contributed by atoms with Gasteiger partial charge in [0, 0.05) is 4.90 Å². The van der Waals surface area contributed by atoms with Gasteiger partial charge < -0.3 is 0 Å². The molecule has 0 aliphatic rings. The molecule has 0 fully saturated rings. The molecule has 1 aromatic carbocycles. The van der Waals surface area contributed by atoms with E-state index in [1.54, 1.807) is 0 Å². The molecule has 0 N–H and O–H groups in total. The normalized spacial score (nSPS) is 13.1. The Morgan fingerprint density at radius 2 is 1.40 bits per heavy atom. The molecule has 0 radical (unpaired) electrons. The Bertz CT molecular complexity index is 204. The Morgan fingerprint density at radius 1 is 0.900 bits per heavy atom. The number of benzene rings is 1. The molecular weight excluding hydrogens is 344 g/mol. The van der Waals surface area contributed by atoms with Crippen molar-refractivity contribution < 1.29 is 0 Å². The van der Waals surface area contributed by atoms with Gasteiger partial charge in [-0.2, -0.15) is 0 Å². The summed E-state index contributed by atoms with van der Waals surface area (Å²) in [7, 11) is 0. The highest BCUT2D eigenvalue weighted by Crippen LogP contribution is 2.74. The summed E-state index contributed by atoms with van der Waals surface area (Å²) >= 11 is 10.5. The number of halogens is 3. The molecule has 0 saturated heterocycles. The molecule has 0 aliphatic carbocycles. The van der Waals surface area contributed by atoms with Crippen LogP contribution in [-0.2, 0) is 0 Å². The van der Waals surface area contributed by atoms with Crippen molar-refractivity contribution in [3.05, 3.63) is 30.3 Å². The number of hydrogen-bond donors (Lipinski definition) is 0. The summed E-state index contributed by atoms with van der Waals surface area (Å²) in [6.45, 7) is 0. The van der Waals surface area contributed by atoms with E-state index in [1.807, 2.05) is 18.2 Å². The van der Waals surface area contributed by atoms with Crippen LogP contribution in [0.4, 0.5) is 0 Å². The van der Waals surface area contributed by atoms with Crippen molar-refractivity contribution in [3.63, 3.8) is 0 Å². The van der Waals surface area contributed by atoms with Crippen molar-refractivity contribution in [1.82, 2.24) is 0 Å². The fourth-order valence-electron chi connectivity index (χ4n) is 0.575. The van der Waals surface area contributed by atoms with Crippen LogP contribution in [0.1, 0.15) is 0 Å². The summed E-state index contributed by atoms with van der Waals surface area (Å²) in [5.74, 6) is 0. The summed E-state index contributed by atoms with van der Waals surface area (Å²) < 4.78 is 0. The first-order valence-corrected chi connectivity index (χ1v) is 9.74. The molecule has 1 rings (SSSR count). The topological polar surface area (TPSA) is 0 Å². The highest BCUT2D eigenvalue weighted by atomic mass is 80.0. The Hall–Kier alpha value is 1.01. The van der Waals surface area contributed by atoms with E-state index < -0.39 is 5.33 Å². The van der Waals surface area contributed by atoms with E-state index in [0.29, 0.717) is 0 Å². The van der Waals surface area contributed by atoms with Gasteiger partial charge in [0.15, 0.2) is 0 Å².